The summed E-state index contributed by atoms with van der Waals surface area (Å²) in [4.78, 5) is 21.9. The standard InChI is InChI=1S/C13H17BrN2O4/c1-3-13(4-2,12(17)18)8-15-10-6-5-9(14)7-11(10)16(19)20/h5-7,15H,3-4,8H2,1-2H3,(H,17,18). The lowest BCUT2D eigenvalue weighted by Crippen LogP contribution is -2.36. The van der Waals surface area contributed by atoms with Crippen LogP contribution >= 0.6 is 15.9 Å². The number of rotatable bonds is 7. The summed E-state index contributed by atoms with van der Waals surface area (Å²) in [5.41, 5.74) is -0.669. The Kier molecular flexibility index (Phi) is 5.50. The van der Waals surface area contributed by atoms with Gasteiger partial charge in [-0.3, -0.25) is 14.9 Å². The molecule has 0 aliphatic heterocycles. The minimum absolute atomic E-state index is 0.0779. The van der Waals surface area contributed by atoms with E-state index < -0.39 is 16.3 Å². The van der Waals surface area contributed by atoms with Crippen LogP contribution in [0.4, 0.5) is 11.4 Å². The molecule has 0 bridgehead atoms. The van der Waals surface area contributed by atoms with E-state index in [0.717, 1.165) is 0 Å². The number of hydrogen-bond acceptors (Lipinski definition) is 4. The number of nitrogens with zero attached hydrogens (tertiary/aromatic N) is 1. The summed E-state index contributed by atoms with van der Waals surface area (Å²) in [6.45, 7) is 3.75. The smallest absolute Gasteiger partial charge is 0.311 e. The fourth-order valence-corrected chi connectivity index (χ4v) is 2.30. The predicted octanol–water partition coefficient (Wildman–Crippen LogP) is 3.66. The van der Waals surface area contributed by atoms with Crippen molar-refractivity contribution < 1.29 is 14.8 Å². The van der Waals surface area contributed by atoms with E-state index in [4.69, 9.17) is 0 Å². The van der Waals surface area contributed by atoms with Gasteiger partial charge in [0.05, 0.1) is 10.3 Å². The molecule has 6 nitrogen and oxygen atoms in total. The number of anilines is 1. The molecule has 0 aliphatic rings. The molecule has 0 aromatic heterocycles. The van der Waals surface area contributed by atoms with Crippen LogP contribution in [-0.2, 0) is 4.79 Å². The Bertz CT molecular complexity index is 515. The topological polar surface area (TPSA) is 92.5 Å². The van der Waals surface area contributed by atoms with Crippen molar-refractivity contribution in [3.63, 3.8) is 0 Å². The fraction of sp³-hybridized carbons (Fsp3) is 0.462. The lowest BCUT2D eigenvalue weighted by Gasteiger charge is -2.27. The lowest BCUT2D eigenvalue weighted by molar-refractivity contribution is -0.384. The zero-order chi connectivity index (χ0) is 15.3. The molecule has 1 aromatic rings. The first-order valence-corrected chi connectivity index (χ1v) is 7.06. The van der Waals surface area contributed by atoms with E-state index in [1.165, 1.54) is 6.07 Å². The van der Waals surface area contributed by atoms with Gasteiger partial charge >= 0.3 is 5.97 Å². The first-order valence-electron chi connectivity index (χ1n) is 6.27. The van der Waals surface area contributed by atoms with Gasteiger partial charge in [0.1, 0.15) is 5.69 Å². The number of nitrogens with one attached hydrogen (secondary N) is 1. The van der Waals surface area contributed by atoms with Crippen LogP contribution in [0.3, 0.4) is 0 Å². The molecule has 0 heterocycles. The second-order valence-electron chi connectivity index (χ2n) is 4.56. The van der Waals surface area contributed by atoms with Crippen molar-refractivity contribution in [3.05, 3.63) is 32.8 Å². The number of carboxylic acids is 1. The highest BCUT2D eigenvalue weighted by atomic mass is 79.9. The van der Waals surface area contributed by atoms with Crippen molar-refractivity contribution >= 4 is 33.3 Å². The molecule has 0 saturated heterocycles. The van der Waals surface area contributed by atoms with Crippen molar-refractivity contribution in [2.75, 3.05) is 11.9 Å². The number of aliphatic carboxylic acids is 1. The van der Waals surface area contributed by atoms with E-state index in [2.05, 4.69) is 21.2 Å². The van der Waals surface area contributed by atoms with Crippen molar-refractivity contribution in [3.8, 4) is 0 Å². The number of benzene rings is 1. The number of hydrogen-bond donors (Lipinski definition) is 2. The maximum atomic E-state index is 11.4. The number of nitro groups is 1. The summed E-state index contributed by atoms with van der Waals surface area (Å²) in [6.07, 6.45) is 0.909. The Hall–Kier alpha value is -1.63. The highest BCUT2D eigenvalue weighted by molar-refractivity contribution is 9.10. The van der Waals surface area contributed by atoms with Crippen LogP contribution in [0.1, 0.15) is 26.7 Å². The van der Waals surface area contributed by atoms with Crippen molar-refractivity contribution in [2.45, 2.75) is 26.7 Å². The highest BCUT2D eigenvalue weighted by Gasteiger charge is 2.35. The zero-order valence-corrected chi connectivity index (χ0v) is 12.9. The normalized spacial score (nSPS) is 11.2. The Morgan fingerprint density at radius 3 is 2.50 bits per heavy atom. The van der Waals surface area contributed by atoms with Gasteiger partial charge in [-0.05, 0) is 25.0 Å². The van der Waals surface area contributed by atoms with E-state index in [1.54, 1.807) is 26.0 Å². The molecule has 1 aromatic carbocycles. The third-order valence-electron chi connectivity index (χ3n) is 3.58. The molecule has 0 amide bonds. The molecular formula is C13H17BrN2O4. The van der Waals surface area contributed by atoms with Crippen LogP contribution in [-0.4, -0.2) is 22.5 Å². The maximum Gasteiger partial charge on any atom is 0.311 e. The molecule has 2 N–H and O–H groups in total. The van der Waals surface area contributed by atoms with Gasteiger partial charge in [-0.1, -0.05) is 29.8 Å². The van der Waals surface area contributed by atoms with Crippen molar-refractivity contribution in [1.29, 1.82) is 0 Å². The Morgan fingerprint density at radius 1 is 1.45 bits per heavy atom. The largest absolute Gasteiger partial charge is 0.481 e. The van der Waals surface area contributed by atoms with Crippen LogP contribution in [0, 0.1) is 15.5 Å². The van der Waals surface area contributed by atoms with E-state index in [1.807, 2.05) is 0 Å². The van der Waals surface area contributed by atoms with Crippen LogP contribution in [0.5, 0.6) is 0 Å². The average Bonchev–Trinajstić information content (AvgIpc) is 2.41. The molecule has 0 unspecified atom stereocenters. The second-order valence-corrected chi connectivity index (χ2v) is 5.48. The molecule has 0 spiro atoms. The molecule has 110 valence electrons. The number of nitro benzene ring substituents is 1. The zero-order valence-electron chi connectivity index (χ0n) is 11.4. The summed E-state index contributed by atoms with van der Waals surface area (Å²) in [5, 5.41) is 23.2. The van der Waals surface area contributed by atoms with Gasteiger partial charge in [0.25, 0.3) is 5.69 Å². The molecule has 0 aliphatic carbocycles. The minimum atomic E-state index is -0.916. The van der Waals surface area contributed by atoms with Crippen LogP contribution in [0.2, 0.25) is 0 Å². The van der Waals surface area contributed by atoms with Gasteiger partial charge in [-0.25, -0.2) is 0 Å². The van der Waals surface area contributed by atoms with Gasteiger partial charge in [-0.2, -0.15) is 0 Å². The minimum Gasteiger partial charge on any atom is -0.481 e. The van der Waals surface area contributed by atoms with Crippen molar-refractivity contribution in [1.82, 2.24) is 0 Å². The van der Waals surface area contributed by atoms with E-state index in [9.17, 15) is 20.0 Å². The van der Waals surface area contributed by atoms with Crippen LogP contribution in [0.25, 0.3) is 0 Å². The average molecular weight is 345 g/mol. The van der Waals surface area contributed by atoms with E-state index in [0.29, 0.717) is 23.0 Å². The van der Waals surface area contributed by atoms with Gasteiger partial charge in [-0.15, -0.1) is 0 Å². The first-order chi connectivity index (χ1) is 9.36. The summed E-state index contributed by atoms with van der Waals surface area (Å²) >= 11 is 3.18. The van der Waals surface area contributed by atoms with Gasteiger partial charge in [0.15, 0.2) is 0 Å². The fourth-order valence-electron chi connectivity index (χ4n) is 1.95. The van der Waals surface area contributed by atoms with Crippen LogP contribution < -0.4 is 5.32 Å². The SMILES string of the molecule is CCC(CC)(CNc1ccc(Br)cc1[N+](=O)[O-])C(=O)O. The van der Waals surface area contributed by atoms with Crippen LogP contribution in [0.15, 0.2) is 22.7 Å². The number of carbonyl (C=O) groups is 1. The Labute approximate surface area is 125 Å². The highest BCUT2D eigenvalue weighted by Crippen LogP contribution is 2.31. The molecule has 1 rings (SSSR count). The number of carboxylic acid groups (broad SMARTS) is 1. The Balaban J connectivity index is 2.99. The second kappa shape index (κ2) is 6.69. The lowest BCUT2D eigenvalue weighted by atomic mass is 9.82. The molecule has 20 heavy (non-hydrogen) atoms. The molecular weight excluding hydrogens is 328 g/mol. The van der Waals surface area contributed by atoms with Gasteiger partial charge in [0, 0.05) is 17.1 Å². The quantitative estimate of drug-likeness (QED) is 0.581. The van der Waals surface area contributed by atoms with E-state index in [-0.39, 0.29) is 12.2 Å². The molecule has 7 heteroatoms. The Morgan fingerprint density at radius 2 is 2.05 bits per heavy atom. The van der Waals surface area contributed by atoms with Crippen molar-refractivity contribution in [2.24, 2.45) is 5.41 Å². The number of halogens is 1. The molecule has 0 radical (unpaired) electrons. The molecule has 0 fully saturated rings. The molecule has 0 saturated carbocycles. The third-order valence-corrected chi connectivity index (χ3v) is 4.07. The monoisotopic (exact) mass is 344 g/mol. The summed E-state index contributed by atoms with van der Waals surface area (Å²) in [5.74, 6) is -0.894. The van der Waals surface area contributed by atoms with E-state index >= 15 is 0 Å². The predicted molar refractivity (Wildman–Crippen MR) is 79.9 cm³/mol. The van der Waals surface area contributed by atoms with Gasteiger partial charge in [0.2, 0.25) is 0 Å². The third kappa shape index (κ3) is 3.47. The van der Waals surface area contributed by atoms with Gasteiger partial charge < -0.3 is 10.4 Å². The first kappa shape index (κ1) is 16.4. The maximum absolute atomic E-state index is 11.4. The summed E-state index contributed by atoms with van der Waals surface area (Å²) in [7, 11) is 0. The summed E-state index contributed by atoms with van der Waals surface area (Å²) in [6, 6.07) is 4.64. The molecule has 0 atom stereocenters. The summed E-state index contributed by atoms with van der Waals surface area (Å²) < 4.78 is 0.602.